The molecular weight excluding hydrogens is 193 g/mol. The fourth-order valence-corrected chi connectivity index (χ4v) is 1.16. The van der Waals surface area contributed by atoms with E-state index >= 15 is 0 Å². The Hall–Kier alpha value is -0.930. The van der Waals surface area contributed by atoms with Crippen LogP contribution < -0.4 is 5.73 Å². The third-order valence-electron chi connectivity index (χ3n) is 1.63. The zero-order valence-corrected chi connectivity index (χ0v) is 7.81. The zero-order chi connectivity index (χ0) is 10.0. The highest BCUT2D eigenvalue weighted by Gasteiger charge is 2.16. The van der Waals surface area contributed by atoms with E-state index in [-0.39, 0.29) is 16.4 Å². The maximum Gasteiger partial charge on any atom is 0.180 e. The first-order valence-corrected chi connectivity index (χ1v) is 4.15. The molecule has 0 spiro atoms. The van der Waals surface area contributed by atoms with Crippen molar-refractivity contribution >= 4 is 17.4 Å². The maximum atomic E-state index is 12.9. The van der Waals surface area contributed by atoms with Crippen LogP contribution in [0.5, 0.6) is 0 Å². The van der Waals surface area contributed by atoms with Gasteiger partial charge in [-0.15, -0.1) is 0 Å². The van der Waals surface area contributed by atoms with Crippen molar-refractivity contribution in [2.75, 3.05) is 0 Å². The maximum absolute atomic E-state index is 12.9. The highest BCUT2D eigenvalue weighted by Crippen LogP contribution is 2.20. The number of ketones is 1. The molecule has 0 amide bonds. The lowest BCUT2D eigenvalue weighted by molar-refractivity contribution is 0.0967. The summed E-state index contributed by atoms with van der Waals surface area (Å²) in [7, 11) is 0. The van der Waals surface area contributed by atoms with Crippen molar-refractivity contribution < 1.29 is 9.18 Å². The van der Waals surface area contributed by atoms with Crippen LogP contribution in [-0.2, 0) is 0 Å². The summed E-state index contributed by atoms with van der Waals surface area (Å²) in [5.41, 5.74) is 5.49. The second-order valence-electron chi connectivity index (χ2n) is 2.75. The molecule has 0 aliphatic carbocycles. The average Bonchev–Trinajstić information content (AvgIpc) is 2.08. The molecule has 1 aromatic rings. The molecule has 2 nitrogen and oxygen atoms in total. The molecule has 0 saturated heterocycles. The molecule has 1 rings (SSSR count). The second kappa shape index (κ2) is 3.85. The van der Waals surface area contributed by atoms with Gasteiger partial charge >= 0.3 is 0 Å². The van der Waals surface area contributed by atoms with Crippen LogP contribution in [0.3, 0.4) is 0 Å². The minimum absolute atomic E-state index is 0.136. The van der Waals surface area contributed by atoms with Crippen molar-refractivity contribution in [3.05, 3.63) is 34.6 Å². The van der Waals surface area contributed by atoms with Crippen LogP contribution in [0.1, 0.15) is 17.3 Å². The molecule has 1 atom stereocenters. The zero-order valence-electron chi connectivity index (χ0n) is 7.05. The average molecular weight is 202 g/mol. The van der Waals surface area contributed by atoms with Crippen molar-refractivity contribution in [2.24, 2.45) is 5.73 Å². The minimum Gasteiger partial charge on any atom is -0.321 e. The molecule has 0 bridgehead atoms. The number of benzene rings is 1. The number of rotatable bonds is 2. The number of hydrogen-bond acceptors (Lipinski definition) is 2. The van der Waals surface area contributed by atoms with Gasteiger partial charge in [-0.25, -0.2) is 4.39 Å². The molecule has 0 saturated carbocycles. The molecule has 0 aromatic heterocycles. The molecule has 0 aliphatic heterocycles. The third-order valence-corrected chi connectivity index (χ3v) is 2.01. The predicted octanol–water partition coefficient (Wildman–Crippen LogP) is 2.01. The fraction of sp³-hybridized carbons (Fsp3) is 0.222. The highest BCUT2D eigenvalue weighted by molar-refractivity contribution is 6.34. The van der Waals surface area contributed by atoms with Gasteiger partial charge in [0.05, 0.1) is 11.1 Å². The van der Waals surface area contributed by atoms with Gasteiger partial charge in [-0.1, -0.05) is 17.7 Å². The van der Waals surface area contributed by atoms with Gasteiger partial charge in [-0.05, 0) is 19.1 Å². The minimum atomic E-state index is -0.667. The summed E-state index contributed by atoms with van der Waals surface area (Å²) >= 11 is 5.58. The van der Waals surface area contributed by atoms with Crippen molar-refractivity contribution in [2.45, 2.75) is 13.0 Å². The standard InChI is InChI=1S/C9H9ClFNO/c1-5(12)9(13)6-3-2-4-7(11)8(6)10/h2-5H,12H2,1H3. The molecule has 1 unspecified atom stereocenters. The Labute approximate surface area is 80.5 Å². The van der Waals surface area contributed by atoms with Crippen LogP contribution in [0, 0.1) is 5.82 Å². The van der Waals surface area contributed by atoms with Crippen molar-refractivity contribution in [1.29, 1.82) is 0 Å². The van der Waals surface area contributed by atoms with E-state index in [4.69, 9.17) is 17.3 Å². The predicted molar refractivity (Wildman–Crippen MR) is 49.4 cm³/mol. The Balaban J connectivity index is 3.15. The molecule has 70 valence electrons. The first-order chi connectivity index (χ1) is 6.04. The monoisotopic (exact) mass is 201 g/mol. The Morgan fingerprint density at radius 1 is 1.62 bits per heavy atom. The number of hydrogen-bond donors (Lipinski definition) is 1. The summed E-state index contributed by atoms with van der Waals surface area (Å²) in [6.45, 7) is 1.53. The summed E-state index contributed by atoms with van der Waals surface area (Å²) in [4.78, 5) is 11.3. The van der Waals surface area contributed by atoms with E-state index in [1.54, 1.807) is 0 Å². The van der Waals surface area contributed by atoms with Crippen molar-refractivity contribution in [3.8, 4) is 0 Å². The molecule has 2 N–H and O–H groups in total. The van der Waals surface area contributed by atoms with Crippen molar-refractivity contribution in [1.82, 2.24) is 0 Å². The number of halogens is 2. The largest absolute Gasteiger partial charge is 0.321 e. The number of carbonyl (C=O) groups excluding carboxylic acids is 1. The van der Waals surface area contributed by atoms with Crippen LogP contribution in [0.4, 0.5) is 4.39 Å². The summed E-state index contributed by atoms with van der Waals surface area (Å²) in [6.07, 6.45) is 0. The van der Waals surface area contributed by atoms with Gasteiger partial charge in [0.25, 0.3) is 0 Å². The molecule has 13 heavy (non-hydrogen) atoms. The quantitative estimate of drug-likeness (QED) is 0.744. The molecule has 0 radical (unpaired) electrons. The highest BCUT2D eigenvalue weighted by atomic mass is 35.5. The van der Waals surface area contributed by atoms with E-state index in [1.807, 2.05) is 0 Å². The Kier molecular flexibility index (Phi) is 3.01. The molecule has 1 aromatic carbocycles. The molecular formula is C9H9ClFNO. The lowest BCUT2D eigenvalue weighted by atomic mass is 10.1. The third kappa shape index (κ3) is 2.05. The topological polar surface area (TPSA) is 43.1 Å². The lowest BCUT2D eigenvalue weighted by Crippen LogP contribution is -2.27. The Morgan fingerprint density at radius 2 is 2.23 bits per heavy atom. The van der Waals surface area contributed by atoms with Gasteiger partial charge in [-0.2, -0.15) is 0 Å². The van der Waals surface area contributed by atoms with E-state index in [9.17, 15) is 9.18 Å². The summed E-state index contributed by atoms with van der Waals surface area (Å²) < 4.78 is 12.9. The van der Waals surface area contributed by atoms with Crippen LogP contribution in [0.15, 0.2) is 18.2 Å². The fourth-order valence-electron chi connectivity index (χ4n) is 0.939. The number of carbonyl (C=O) groups is 1. The SMILES string of the molecule is CC(N)C(=O)c1cccc(F)c1Cl. The lowest BCUT2D eigenvalue weighted by Gasteiger charge is -2.06. The van der Waals surface area contributed by atoms with Gasteiger partial charge < -0.3 is 5.73 Å². The Bertz CT molecular complexity index is 338. The summed E-state index contributed by atoms with van der Waals surface area (Å²) in [6, 6.07) is 3.41. The van der Waals surface area contributed by atoms with E-state index < -0.39 is 11.9 Å². The van der Waals surface area contributed by atoms with Gasteiger partial charge in [0, 0.05) is 5.56 Å². The molecule has 0 aliphatic rings. The van der Waals surface area contributed by atoms with E-state index in [0.29, 0.717) is 0 Å². The van der Waals surface area contributed by atoms with Crippen LogP contribution in [0.25, 0.3) is 0 Å². The van der Waals surface area contributed by atoms with Gasteiger partial charge in [0.15, 0.2) is 5.78 Å². The van der Waals surface area contributed by atoms with Crippen LogP contribution in [-0.4, -0.2) is 11.8 Å². The first-order valence-electron chi connectivity index (χ1n) is 3.78. The first kappa shape index (κ1) is 10.2. The molecule has 0 heterocycles. The van der Waals surface area contributed by atoms with Gasteiger partial charge in [-0.3, -0.25) is 4.79 Å². The van der Waals surface area contributed by atoms with Crippen LogP contribution >= 0.6 is 11.6 Å². The molecule has 4 heteroatoms. The number of nitrogens with two attached hydrogens (primary N) is 1. The molecule has 0 fully saturated rings. The van der Waals surface area contributed by atoms with Crippen molar-refractivity contribution in [3.63, 3.8) is 0 Å². The smallest absolute Gasteiger partial charge is 0.180 e. The second-order valence-corrected chi connectivity index (χ2v) is 3.13. The van der Waals surface area contributed by atoms with E-state index in [1.165, 1.54) is 25.1 Å². The Morgan fingerprint density at radius 3 is 2.77 bits per heavy atom. The number of Topliss-reactive ketones (excluding diaryl/α,β-unsaturated/α-hetero) is 1. The summed E-state index contributed by atoms with van der Waals surface area (Å²) in [5.74, 6) is -0.960. The summed E-state index contributed by atoms with van der Waals surface area (Å²) in [5, 5.41) is -0.162. The normalized spacial score (nSPS) is 12.6. The van der Waals surface area contributed by atoms with E-state index in [2.05, 4.69) is 0 Å². The van der Waals surface area contributed by atoms with E-state index in [0.717, 1.165) is 0 Å². The van der Waals surface area contributed by atoms with Crippen LogP contribution in [0.2, 0.25) is 5.02 Å². The van der Waals surface area contributed by atoms with Gasteiger partial charge in [0.2, 0.25) is 0 Å². The van der Waals surface area contributed by atoms with Gasteiger partial charge in [0.1, 0.15) is 5.82 Å².